The predicted molar refractivity (Wildman–Crippen MR) is 82.9 cm³/mol. The molecular weight excluding hydrogens is 298 g/mol. The number of benzene rings is 1. The van der Waals surface area contributed by atoms with Gasteiger partial charge in [-0.25, -0.2) is 13.6 Å². The quantitative estimate of drug-likeness (QED) is 0.748. The number of halogens is 1. The van der Waals surface area contributed by atoms with Crippen LogP contribution in [-0.4, -0.2) is 20.8 Å². The lowest BCUT2D eigenvalue weighted by atomic mass is 10.1. The van der Waals surface area contributed by atoms with Crippen LogP contribution in [-0.2, 0) is 10.0 Å². The molecule has 1 aromatic rings. The first-order valence-electron chi connectivity index (χ1n) is 6.69. The maximum atomic E-state index is 10.7. The van der Waals surface area contributed by atoms with E-state index in [0.717, 1.165) is 41.2 Å². The molecule has 0 unspecified atom stereocenters. The molecule has 0 bridgehead atoms. The molecule has 0 atom stereocenters. The summed E-state index contributed by atoms with van der Waals surface area (Å²) >= 11 is 6.09. The van der Waals surface area contributed by atoms with Gasteiger partial charge in [-0.15, -0.1) is 0 Å². The minimum Gasteiger partial charge on any atom is -0.494 e. The molecule has 20 heavy (non-hydrogen) atoms. The van der Waals surface area contributed by atoms with Crippen LogP contribution in [0.25, 0.3) is 0 Å². The normalized spacial score (nSPS) is 11.6. The monoisotopic (exact) mass is 319 g/mol. The zero-order valence-corrected chi connectivity index (χ0v) is 13.6. The van der Waals surface area contributed by atoms with Crippen molar-refractivity contribution in [3.63, 3.8) is 0 Å². The number of rotatable bonds is 8. The van der Waals surface area contributed by atoms with Gasteiger partial charge in [0.15, 0.2) is 0 Å². The van der Waals surface area contributed by atoms with Gasteiger partial charge in [0.2, 0.25) is 10.0 Å². The summed E-state index contributed by atoms with van der Waals surface area (Å²) in [7, 11) is -3.32. The van der Waals surface area contributed by atoms with E-state index in [1.54, 1.807) is 0 Å². The third kappa shape index (κ3) is 6.59. The predicted octanol–water partition coefficient (Wildman–Crippen LogP) is 3.18. The highest BCUT2D eigenvalue weighted by Crippen LogP contribution is 2.25. The average molecular weight is 320 g/mol. The maximum Gasteiger partial charge on any atom is 0.209 e. The summed E-state index contributed by atoms with van der Waals surface area (Å²) in [6.07, 6.45) is 3.28. The topological polar surface area (TPSA) is 69.4 Å². The largest absolute Gasteiger partial charge is 0.494 e. The van der Waals surface area contributed by atoms with E-state index in [4.69, 9.17) is 21.5 Å². The van der Waals surface area contributed by atoms with Crippen molar-refractivity contribution >= 4 is 21.6 Å². The van der Waals surface area contributed by atoms with Crippen LogP contribution in [0.2, 0.25) is 5.02 Å². The molecule has 114 valence electrons. The van der Waals surface area contributed by atoms with Crippen molar-refractivity contribution in [3.8, 4) is 5.75 Å². The van der Waals surface area contributed by atoms with Crippen molar-refractivity contribution in [1.82, 2.24) is 0 Å². The van der Waals surface area contributed by atoms with Crippen molar-refractivity contribution < 1.29 is 13.2 Å². The summed E-state index contributed by atoms with van der Waals surface area (Å²) in [4.78, 5) is 0. The fourth-order valence-corrected chi connectivity index (χ4v) is 2.65. The number of sulfonamides is 1. The number of hydrogen-bond donors (Lipinski definition) is 1. The molecule has 0 heterocycles. The van der Waals surface area contributed by atoms with E-state index >= 15 is 0 Å². The molecule has 0 aromatic heterocycles. The Morgan fingerprint density at radius 1 is 1.10 bits per heavy atom. The molecule has 0 fully saturated rings. The summed E-state index contributed by atoms with van der Waals surface area (Å²) in [6, 6.07) is 3.85. The van der Waals surface area contributed by atoms with Gasteiger partial charge in [-0.1, -0.05) is 24.4 Å². The third-order valence-corrected chi connectivity index (χ3v) is 4.46. The Kier molecular flexibility index (Phi) is 6.79. The number of hydrogen-bond acceptors (Lipinski definition) is 3. The van der Waals surface area contributed by atoms with Crippen LogP contribution in [0.3, 0.4) is 0 Å². The second-order valence-electron chi connectivity index (χ2n) is 5.00. The zero-order valence-electron chi connectivity index (χ0n) is 12.0. The van der Waals surface area contributed by atoms with Crippen molar-refractivity contribution in [2.45, 2.75) is 39.5 Å². The first-order chi connectivity index (χ1) is 9.29. The first-order valence-corrected chi connectivity index (χ1v) is 8.79. The molecule has 1 aromatic carbocycles. The Bertz CT molecular complexity index is 520. The Hall–Kier alpha value is -0.780. The molecule has 0 amide bonds. The summed E-state index contributed by atoms with van der Waals surface area (Å²) in [5.74, 6) is 0.887. The minimum absolute atomic E-state index is 0.0590. The fraction of sp³-hybridized carbons (Fsp3) is 0.571. The van der Waals surface area contributed by atoms with Crippen molar-refractivity contribution in [1.29, 1.82) is 0 Å². The van der Waals surface area contributed by atoms with Gasteiger partial charge in [-0.2, -0.15) is 0 Å². The van der Waals surface area contributed by atoms with E-state index in [1.807, 2.05) is 26.0 Å². The van der Waals surface area contributed by atoms with Gasteiger partial charge in [0.25, 0.3) is 0 Å². The van der Waals surface area contributed by atoms with Crippen LogP contribution in [0.15, 0.2) is 12.1 Å². The molecule has 0 saturated heterocycles. The van der Waals surface area contributed by atoms with Gasteiger partial charge in [-0.05, 0) is 49.9 Å². The molecular formula is C14H22ClNO3S. The van der Waals surface area contributed by atoms with Crippen LogP contribution >= 0.6 is 11.6 Å². The van der Waals surface area contributed by atoms with E-state index in [1.165, 1.54) is 0 Å². The van der Waals surface area contributed by atoms with Crippen LogP contribution in [0.5, 0.6) is 5.75 Å². The van der Waals surface area contributed by atoms with Gasteiger partial charge in [0.05, 0.1) is 12.4 Å². The van der Waals surface area contributed by atoms with Crippen LogP contribution in [0.4, 0.5) is 0 Å². The van der Waals surface area contributed by atoms with E-state index in [2.05, 4.69) is 0 Å². The van der Waals surface area contributed by atoms with E-state index in [-0.39, 0.29) is 5.75 Å². The van der Waals surface area contributed by atoms with Gasteiger partial charge in [-0.3, -0.25) is 0 Å². The molecule has 0 aliphatic carbocycles. The Labute approximate surface area is 126 Å². The summed E-state index contributed by atoms with van der Waals surface area (Å²) in [5.41, 5.74) is 2.02. The second kappa shape index (κ2) is 7.86. The lowest BCUT2D eigenvalue weighted by Gasteiger charge is -2.09. The Morgan fingerprint density at radius 3 is 2.20 bits per heavy atom. The molecule has 0 radical (unpaired) electrons. The van der Waals surface area contributed by atoms with Crippen molar-refractivity contribution in [3.05, 3.63) is 28.3 Å². The van der Waals surface area contributed by atoms with Gasteiger partial charge >= 0.3 is 0 Å². The van der Waals surface area contributed by atoms with E-state index < -0.39 is 10.0 Å². The number of aryl methyl sites for hydroxylation is 2. The average Bonchev–Trinajstić information content (AvgIpc) is 2.33. The van der Waals surface area contributed by atoms with Crippen molar-refractivity contribution in [2.75, 3.05) is 12.4 Å². The molecule has 0 saturated carbocycles. The number of unbranched alkanes of at least 4 members (excludes halogenated alkanes) is 3. The van der Waals surface area contributed by atoms with E-state index in [9.17, 15) is 8.42 Å². The summed E-state index contributed by atoms with van der Waals surface area (Å²) in [5, 5.41) is 5.71. The van der Waals surface area contributed by atoms with Crippen molar-refractivity contribution in [2.24, 2.45) is 5.14 Å². The highest BCUT2D eigenvalue weighted by atomic mass is 35.5. The second-order valence-corrected chi connectivity index (χ2v) is 7.11. The highest BCUT2D eigenvalue weighted by molar-refractivity contribution is 7.89. The lowest BCUT2D eigenvalue weighted by Crippen LogP contribution is -2.16. The van der Waals surface area contributed by atoms with Gasteiger partial charge < -0.3 is 4.74 Å². The smallest absolute Gasteiger partial charge is 0.209 e. The maximum absolute atomic E-state index is 10.7. The SMILES string of the molecule is Cc1cc(OCCCCCCS(N)(=O)=O)cc(C)c1Cl. The number of nitrogens with two attached hydrogens (primary N) is 1. The lowest BCUT2D eigenvalue weighted by molar-refractivity contribution is 0.305. The fourth-order valence-electron chi connectivity index (χ4n) is 1.94. The molecule has 0 aliphatic heterocycles. The minimum atomic E-state index is -3.32. The van der Waals surface area contributed by atoms with Crippen LogP contribution in [0.1, 0.15) is 36.8 Å². The third-order valence-electron chi connectivity index (χ3n) is 3.00. The molecule has 6 heteroatoms. The number of primary sulfonamides is 1. The van der Waals surface area contributed by atoms with Gasteiger partial charge in [0.1, 0.15) is 5.75 Å². The van der Waals surface area contributed by atoms with Gasteiger partial charge in [0, 0.05) is 5.02 Å². The molecule has 2 N–H and O–H groups in total. The molecule has 4 nitrogen and oxygen atoms in total. The first kappa shape index (κ1) is 17.3. The van der Waals surface area contributed by atoms with E-state index in [0.29, 0.717) is 13.0 Å². The summed E-state index contributed by atoms with van der Waals surface area (Å²) < 4.78 is 27.1. The zero-order chi connectivity index (χ0) is 15.2. The van der Waals surface area contributed by atoms with Crippen LogP contribution < -0.4 is 9.88 Å². The molecule has 1 rings (SSSR count). The Balaban J connectivity index is 2.22. The number of ether oxygens (including phenoxy) is 1. The Morgan fingerprint density at radius 2 is 1.65 bits per heavy atom. The van der Waals surface area contributed by atoms with Crippen LogP contribution in [0, 0.1) is 13.8 Å². The highest BCUT2D eigenvalue weighted by Gasteiger charge is 2.04. The standard InChI is InChI=1S/C14H22ClNO3S/c1-11-9-13(10-12(2)14(11)15)19-7-5-3-4-6-8-20(16,17)18/h9-10H,3-8H2,1-2H3,(H2,16,17,18). The molecule has 0 aliphatic rings. The molecule has 0 spiro atoms. The summed E-state index contributed by atoms with van der Waals surface area (Å²) in [6.45, 7) is 4.53.